The number of hydrogen-bond donors (Lipinski definition) is 1. The molecular weight excluding hydrogens is 398 g/mol. The minimum atomic E-state index is -0.389. The maximum Gasteiger partial charge on any atom is 0.331 e. The Balaban J connectivity index is 1.99. The van der Waals surface area contributed by atoms with Crippen LogP contribution in [-0.4, -0.2) is 15.5 Å². The topological polar surface area (TPSA) is 73.1 Å². The van der Waals surface area contributed by atoms with Crippen LogP contribution in [0.1, 0.15) is 24.3 Å². The summed E-state index contributed by atoms with van der Waals surface area (Å²) in [7, 11) is 1.48. The molecule has 154 valence electrons. The molecule has 2 aromatic carbocycles. The Bertz CT molecular complexity index is 1370. The van der Waals surface area contributed by atoms with Crippen molar-refractivity contribution in [1.29, 1.82) is 0 Å². The second-order valence-corrected chi connectivity index (χ2v) is 8.89. The summed E-state index contributed by atoms with van der Waals surface area (Å²) in [5, 5.41) is 5.39. The molecule has 4 rings (SSSR count). The third-order valence-corrected chi connectivity index (χ3v) is 6.44. The molecule has 7 heteroatoms. The van der Waals surface area contributed by atoms with Gasteiger partial charge in [0.15, 0.2) is 0 Å². The fourth-order valence-corrected chi connectivity index (χ4v) is 5.14. The lowest BCUT2D eigenvalue weighted by atomic mass is 10.0. The van der Waals surface area contributed by atoms with Gasteiger partial charge < -0.3 is 5.32 Å². The zero-order chi connectivity index (χ0) is 21.4. The third-order valence-electron chi connectivity index (χ3n) is 5.23. The Morgan fingerprint density at radius 1 is 1.10 bits per heavy atom. The summed E-state index contributed by atoms with van der Waals surface area (Å²) in [6.07, 6.45) is 1.14. The summed E-state index contributed by atoms with van der Waals surface area (Å²) in [4.78, 5) is 38.6. The normalized spacial score (nSPS) is 11.5. The van der Waals surface area contributed by atoms with E-state index in [1.807, 2.05) is 32.0 Å². The SMILES string of the molecule is CC(C)Cn1c(=O)n(C)c(=O)c2c(NC=O)c(Cc3cccc4ccccc34)sc21. The molecule has 30 heavy (non-hydrogen) atoms. The molecule has 1 amide bonds. The molecule has 2 aromatic heterocycles. The molecule has 0 radical (unpaired) electrons. The fourth-order valence-electron chi connectivity index (χ4n) is 3.86. The average molecular weight is 422 g/mol. The molecule has 0 spiro atoms. The van der Waals surface area contributed by atoms with E-state index in [0.29, 0.717) is 35.3 Å². The largest absolute Gasteiger partial charge is 0.331 e. The summed E-state index contributed by atoms with van der Waals surface area (Å²) in [6.45, 7) is 4.55. The van der Waals surface area contributed by atoms with Gasteiger partial charge in [-0.25, -0.2) is 4.79 Å². The molecule has 0 bridgehead atoms. The van der Waals surface area contributed by atoms with Crippen molar-refractivity contribution in [2.24, 2.45) is 13.0 Å². The quantitative estimate of drug-likeness (QED) is 0.482. The highest BCUT2D eigenvalue weighted by atomic mass is 32.1. The summed E-state index contributed by atoms with van der Waals surface area (Å²) in [6, 6.07) is 14.2. The number of fused-ring (bicyclic) bond motifs is 2. The summed E-state index contributed by atoms with van der Waals surface area (Å²) < 4.78 is 2.77. The zero-order valence-corrected chi connectivity index (χ0v) is 18.0. The van der Waals surface area contributed by atoms with Crippen LogP contribution < -0.4 is 16.6 Å². The number of rotatable bonds is 6. The third kappa shape index (κ3) is 3.35. The van der Waals surface area contributed by atoms with Crippen molar-refractivity contribution in [2.75, 3.05) is 5.32 Å². The Kier molecular flexibility index (Phi) is 5.30. The van der Waals surface area contributed by atoms with Crippen LogP contribution in [0.3, 0.4) is 0 Å². The summed E-state index contributed by atoms with van der Waals surface area (Å²) in [5.41, 5.74) is 0.871. The van der Waals surface area contributed by atoms with E-state index in [4.69, 9.17) is 0 Å². The van der Waals surface area contributed by atoms with Crippen LogP contribution in [-0.2, 0) is 24.8 Å². The molecule has 0 fully saturated rings. The van der Waals surface area contributed by atoms with E-state index < -0.39 is 0 Å². The molecular formula is C23H23N3O3S. The van der Waals surface area contributed by atoms with Gasteiger partial charge in [-0.3, -0.25) is 18.7 Å². The first-order valence-corrected chi connectivity index (χ1v) is 10.7. The Labute approximate surface area is 177 Å². The highest BCUT2D eigenvalue weighted by Gasteiger charge is 2.22. The van der Waals surface area contributed by atoms with Gasteiger partial charge in [0.2, 0.25) is 6.41 Å². The lowest BCUT2D eigenvalue weighted by molar-refractivity contribution is -0.105. The number of carbonyl (C=O) groups is 1. The first-order chi connectivity index (χ1) is 14.4. The summed E-state index contributed by atoms with van der Waals surface area (Å²) in [5.74, 6) is 0.231. The van der Waals surface area contributed by atoms with Gasteiger partial charge in [0, 0.05) is 24.9 Å². The van der Waals surface area contributed by atoms with E-state index in [0.717, 1.165) is 25.8 Å². The lowest BCUT2D eigenvalue weighted by Crippen LogP contribution is -2.38. The molecule has 0 aliphatic carbocycles. The van der Waals surface area contributed by atoms with E-state index in [9.17, 15) is 14.4 Å². The number of nitrogens with zero attached hydrogens (tertiary/aromatic N) is 2. The first kappa shape index (κ1) is 20.1. The molecule has 0 atom stereocenters. The minimum Gasteiger partial charge on any atom is -0.327 e. The molecule has 0 saturated carbocycles. The van der Waals surface area contributed by atoms with Crippen molar-refractivity contribution in [2.45, 2.75) is 26.8 Å². The van der Waals surface area contributed by atoms with Crippen molar-refractivity contribution >= 4 is 44.4 Å². The molecule has 0 unspecified atom stereocenters. The van der Waals surface area contributed by atoms with Crippen LogP contribution in [0.15, 0.2) is 52.1 Å². The number of nitrogens with one attached hydrogen (secondary N) is 1. The molecule has 4 aromatic rings. The van der Waals surface area contributed by atoms with Crippen molar-refractivity contribution in [3.8, 4) is 0 Å². The predicted molar refractivity (Wildman–Crippen MR) is 123 cm³/mol. The number of aromatic nitrogens is 2. The molecule has 1 N–H and O–H groups in total. The number of amides is 1. The number of carbonyl (C=O) groups excluding carboxylic acids is 1. The molecule has 0 aliphatic heterocycles. The van der Waals surface area contributed by atoms with Gasteiger partial charge in [-0.15, -0.1) is 11.3 Å². The highest BCUT2D eigenvalue weighted by Crippen LogP contribution is 2.36. The zero-order valence-electron chi connectivity index (χ0n) is 17.1. The molecule has 2 heterocycles. The van der Waals surface area contributed by atoms with Crippen molar-refractivity contribution in [1.82, 2.24) is 9.13 Å². The fraction of sp³-hybridized carbons (Fsp3) is 0.261. The van der Waals surface area contributed by atoms with Gasteiger partial charge in [0.05, 0.1) is 11.1 Å². The van der Waals surface area contributed by atoms with Gasteiger partial charge in [-0.2, -0.15) is 0 Å². The van der Waals surface area contributed by atoms with E-state index in [2.05, 4.69) is 29.6 Å². The number of thiophene rings is 1. The number of hydrogen-bond acceptors (Lipinski definition) is 4. The maximum atomic E-state index is 13.0. The van der Waals surface area contributed by atoms with Crippen LogP contribution in [0.5, 0.6) is 0 Å². The van der Waals surface area contributed by atoms with Gasteiger partial charge in [0.1, 0.15) is 4.83 Å². The first-order valence-electron chi connectivity index (χ1n) is 9.84. The van der Waals surface area contributed by atoms with Gasteiger partial charge in [-0.1, -0.05) is 56.3 Å². The van der Waals surface area contributed by atoms with Crippen molar-refractivity contribution in [3.05, 3.63) is 73.7 Å². The second kappa shape index (κ2) is 7.91. The average Bonchev–Trinajstić information content (AvgIpc) is 3.08. The van der Waals surface area contributed by atoms with Gasteiger partial charge in [0.25, 0.3) is 5.56 Å². The van der Waals surface area contributed by atoms with Gasteiger partial charge >= 0.3 is 5.69 Å². The van der Waals surface area contributed by atoms with Crippen LogP contribution in [0.2, 0.25) is 0 Å². The number of benzene rings is 2. The van der Waals surface area contributed by atoms with Crippen molar-refractivity contribution in [3.63, 3.8) is 0 Å². The van der Waals surface area contributed by atoms with E-state index >= 15 is 0 Å². The minimum absolute atomic E-state index is 0.231. The standard InChI is InChI=1S/C23H23N3O3S/c1-14(2)12-26-22-19(21(28)25(3)23(26)29)20(24-13-27)18(30-22)11-16-9-6-8-15-7-4-5-10-17(15)16/h4-10,13-14H,11-12H2,1-3H3,(H,24,27). The smallest absolute Gasteiger partial charge is 0.327 e. The molecule has 0 aliphatic rings. The molecule has 0 saturated heterocycles. The lowest BCUT2D eigenvalue weighted by Gasteiger charge is -2.11. The highest BCUT2D eigenvalue weighted by molar-refractivity contribution is 7.19. The van der Waals surface area contributed by atoms with Crippen molar-refractivity contribution < 1.29 is 4.79 Å². The predicted octanol–water partition coefficient (Wildman–Crippen LogP) is 3.73. The Morgan fingerprint density at radius 2 is 1.83 bits per heavy atom. The number of anilines is 1. The molecule has 6 nitrogen and oxygen atoms in total. The van der Waals surface area contributed by atoms with E-state index in [1.54, 1.807) is 4.57 Å². The van der Waals surface area contributed by atoms with E-state index in [1.165, 1.54) is 18.4 Å². The van der Waals surface area contributed by atoms with E-state index in [-0.39, 0.29) is 17.2 Å². The van der Waals surface area contributed by atoms with Crippen LogP contribution >= 0.6 is 11.3 Å². The Hall–Kier alpha value is -3.19. The Morgan fingerprint density at radius 3 is 2.57 bits per heavy atom. The summed E-state index contributed by atoms with van der Waals surface area (Å²) >= 11 is 1.40. The van der Waals surface area contributed by atoms with Crippen LogP contribution in [0, 0.1) is 5.92 Å². The van der Waals surface area contributed by atoms with Gasteiger partial charge in [-0.05, 0) is 22.3 Å². The monoisotopic (exact) mass is 421 g/mol. The maximum absolute atomic E-state index is 13.0. The second-order valence-electron chi connectivity index (χ2n) is 7.81. The van der Waals surface area contributed by atoms with Crippen LogP contribution in [0.4, 0.5) is 5.69 Å². The van der Waals surface area contributed by atoms with Crippen LogP contribution in [0.25, 0.3) is 21.0 Å².